The minimum Gasteiger partial charge on any atom is -0.462 e. The SMILES string of the molecule is CC/C=C\C/C=C\CCC(=O)OC1CCC2(C)C(=CCC3C2CCC2(C)C(C(C)/C=C/C(CC)C(C)C)CCC32)C1. The van der Waals surface area contributed by atoms with E-state index >= 15 is 0 Å². The van der Waals surface area contributed by atoms with Crippen molar-refractivity contribution in [3.63, 3.8) is 0 Å². The lowest BCUT2D eigenvalue weighted by molar-refractivity contribution is -0.151. The number of hydrogen-bond acceptors (Lipinski definition) is 2. The summed E-state index contributed by atoms with van der Waals surface area (Å²) in [6.07, 6.45) is 31.1. The maximum atomic E-state index is 12.6. The third-order valence-corrected chi connectivity index (χ3v) is 12.4. The van der Waals surface area contributed by atoms with Crippen LogP contribution in [0.5, 0.6) is 0 Å². The molecule has 0 aromatic carbocycles. The highest BCUT2D eigenvalue weighted by Crippen LogP contribution is 2.67. The predicted octanol–water partition coefficient (Wildman–Crippen LogP) is 11.0. The van der Waals surface area contributed by atoms with E-state index in [0.717, 1.165) is 61.7 Å². The Morgan fingerprint density at radius 2 is 1.76 bits per heavy atom. The molecular weight excluding hydrogens is 500 g/mol. The summed E-state index contributed by atoms with van der Waals surface area (Å²) in [5, 5.41) is 0. The Morgan fingerprint density at radius 3 is 2.49 bits per heavy atom. The van der Waals surface area contributed by atoms with Gasteiger partial charge in [0.2, 0.25) is 0 Å². The van der Waals surface area contributed by atoms with Gasteiger partial charge in [-0.15, -0.1) is 0 Å². The van der Waals surface area contributed by atoms with Gasteiger partial charge in [0.15, 0.2) is 0 Å². The summed E-state index contributed by atoms with van der Waals surface area (Å²) < 4.78 is 6.02. The molecule has 9 atom stereocenters. The largest absolute Gasteiger partial charge is 0.462 e. The summed E-state index contributed by atoms with van der Waals surface area (Å²) in [6, 6.07) is 0. The number of ether oxygens (including phenoxy) is 1. The van der Waals surface area contributed by atoms with Crippen molar-refractivity contribution < 1.29 is 9.53 Å². The molecule has 0 aromatic heterocycles. The molecule has 0 N–H and O–H groups in total. The van der Waals surface area contributed by atoms with Crippen LogP contribution in [-0.4, -0.2) is 12.1 Å². The van der Waals surface area contributed by atoms with Gasteiger partial charge in [-0.2, -0.15) is 0 Å². The van der Waals surface area contributed by atoms with Gasteiger partial charge < -0.3 is 4.74 Å². The molecule has 0 aromatic rings. The number of hydrogen-bond donors (Lipinski definition) is 0. The van der Waals surface area contributed by atoms with E-state index in [0.29, 0.717) is 29.1 Å². The summed E-state index contributed by atoms with van der Waals surface area (Å²) >= 11 is 0. The van der Waals surface area contributed by atoms with Crippen molar-refractivity contribution >= 4 is 5.97 Å². The van der Waals surface area contributed by atoms with E-state index in [9.17, 15) is 4.79 Å². The lowest BCUT2D eigenvalue weighted by atomic mass is 9.47. The number of esters is 1. The molecule has 0 radical (unpaired) electrons. The zero-order chi connectivity index (χ0) is 29.6. The Labute approximate surface area is 253 Å². The first-order chi connectivity index (χ1) is 19.6. The summed E-state index contributed by atoms with van der Waals surface area (Å²) in [5.74, 6) is 5.43. The Morgan fingerprint density at radius 1 is 0.976 bits per heavy atom. The molecule has 0 heterocycles. The minimum absolute atomic E-state index is 0.0195. The van der Waals surface area contributed by atoms with Crippen molar-refractivity contribution in [3.05, 3.63) is 48.1 Å². The number of fused-ring (bicyclic) bond motifs is 5. The molecule has 230 valence electrons. The number of carbonyl (C=O) groups is 1. The molecule has 0 bridgehead atoms. The monoisotopic (exact) mass is 562 g/mol. The first kappa shape index (κ1) is 32.3. The number of allylic oxidation sites excluding steroid dienone is 7. The molecule has 0 amide bonds. The Balaban J connectivity index is 1.34. The average molecular weight is 563 g/mol. The van der Waals surface area contributed by atoms with Crippen molar-refractivity contribution in [1.82, 2.24) is 0 Å². The van der Waals surface area contributed by atoms with Crippen LogP contribution >= 0.6 is 0 Å². The van der Waals surface area contributed by atoms with E-state index in [4.69, 9.17) is 4.74 Å². The third-order valence-electron chi connectivity index (χ3n) is 12.4. The van der Waals surface area contributed by atoms with Gasteiger partial charge in [-0.25, -0.2) is 0 Å². The molecule has 3 saturated carbocycles. The van der Waals surface area contributed by atoms with Crippen molar-refractivity contribution in [1.29, 1.82) is 0 Å². The van der Waals surface area contributed by atoms with Crippen LogP contribution in [0.2, 0.25) is 0 Å². The predicted molar refractivity (Wildman–Crippen MR) is 174 cm³/mol. The third kappa shape index (κ3) is 7.15. The fraction of sp³-hybridized carbons (Fsp3) is 0.769. The molecule has 4 rings (SSSR count). The van der Waals surface area contributed by atoms with E-state index < -0.39 is 0 Å². The molecule has 4 aliphatic rings. The summed E-state index contributed by atoms with van der Waals surface area (Å²) in [7, 11) is 0. The molecular formula is C39H62O2. The molecule has 0 spiro atoms. The Kier molecular flexibility index (Phi) is 11.3. The quantitative estimate of drug-likeness (QED) is 0.175. The maximum absolute atomic E-state index is 12.6. The van der Waals surface area contributed by atoms with Gasteiger partial charge in [0.05, 0.1) is 0 Å². The lowest BCUT2D eigenvalue weighted by Crippen LogP contribution is -2.51. The summed E-state index contributed by atoms with van der Waals surface area (Å²) in [6.45, 7) is 17.0. The second-order valence-electron chi connectivity index (χ2n) is 15.0. The van der Waals surface area contributed by atoms with Gasteiger partial charge in [0.25, 0.3) is 0 Å². The van der Waals surface area contributed by atoms with Crippen molar-refractivity contribution in [2.45, 2.75) is 138 Å². The normalized spacial score (nSPS) is 36.8. The second-order valence-corrected chi connectivity index (χ2v) is 15.0. The van der Waals surface area contributed by atoms with E-state index in [1.165, 1.54) is 44.9 Å². The van der Waals surface area contributed by atoms with E-state index in [1.807, 2.05) is 0 Å². The topological polar surface area (TPSA) is 26.3 Å². The van der Waals surface area contributed by atoms with Crippen LogP contribution in [0.15, 0.2) is 48.1 Å². The first-order valence-corrected chi connectivity index (χ1v) is 17.5. The summed E-state index contributed by atoms with van der Waals surface area (Å²) in [5.41, 5.74) is 2.40. The van der Waals surface area contributed by atoms with Crippen LogP contribution in [0.1, 0.15) is 132 Å². The van der Waals surface area contributed by atoms with Crippen LogP contribution in [-0.2, 0) is 9.53 Å². The van der Waals surface area contributed by atoms with E-state index in [2.05, 4.69) is 91.0 Å². The molecule has 41 heavy (non-hydrogen) atoms. The van der Waals surface area contributed by atoms with Crippen LogP contribution in [0, 0.1) is 52.3 Å². The fourth-order valence-corrected chi connectivity index (χ4v) is 9.92. The van der Waals surface area contributed by atoms with Crippen LogP contribution < -0.4 is 0 Å². The maximum Gasteiger partial charge on any atom is 0.306 e. The van der Waals surface area contributed by atoms with Crippen LogP contribution in [0.3, 0.4) is 0 Å². The van der Waals surface area contributed by atoms with Crippen LogP contribution in [0.4, 0.5) is 0 Å². The number of rotatable bonds is 12. The molecule has 0 saturated heterocycles. The molecule has 3 fully saturated rings. The lowest BCUT2D eigenvalue weighted by Gasteiger charge is -2.58. The average Bonchev–Trinajstić information content (AvgIpc) is 3.30. The van der Waals surface area contributed by atoms with Gasteiger partial charge in [0.1, 0.15) is 6.10 Å². The zero-order valence-corrected chi connectivity index (χ0v) is 27.7. The fourth-order valence-electron chi connectivity index (χ4n) is 9.92. The Hall–Kier alpha value is -1.57. The molecule has 0 aliphatic heterocycles. The molecule has 9 unspecified atom stereocenters. The van der Waals surface area contributed by atoms with Gasteiger partial charge in [-0.1, -0.05) is 96.6 Å². The molecule has 2 nitrogen and oxygen atoms in total. The van der Waals surface area contributed by atoms with E-state index in [1.54, 1.807) is 5.57 Å². The van der Waals surface area contributed by atoms with Crippen molar-refractivity contribution in [2.24, 2.45) is 52.3 Å². The smallest absolute Gasteiger partial charge is 0.306 e. The van der Waals surface area contributed by atoms with Crippen LogP contribution in [0.25, 0.3) is 0 Å². The second kappa shape index (κ2) is 14.3. The highest BCUT2D eigenvalue weighted by molar-refractivity contribution is 5.69. The molecule has 2 heteroatoms. The zero-order valence-electron chi connectivity index (χ0n) is 27.7. The highest BCUT2D eigenvalue weighted by Gasteiger charge is 2.59. The standard InChI is InChI=1S/C39H62O2/c1-8-10-11-12-13-14-15-16-37(40)41-32-23-25-38(6)31(27-32)19-20-33-35-22-21-34(39(35,7)26-24-36(33)38)29(5)17-18-30(9-2)28(3)4/h10-11,13-14,17-19,28-30,32-36H,8-9,12,15-16,20-27H2,1-7H3/b11-10-,14-13-,18-17+. The Bertz CT molecular complexity index is 984. The van der Waals surface area contributed by atoms with Gasteiger partial charge in [0, 0.05) is 12.8 Å². The van der Waals surface area contributed by atoms with Gasteiger partial charge in [-0.3, -0.25) is 4.79 Å². The van der Waals surface area contributed by atoms with Gasteiger partial charge >= 0.3 is 5.97 Å². The first-order valence-electron chi connectivity index (χ1n) is 17.5. The summed E-state index contributed by atoms with van der Waals surface area (Å²) in [4.78, 5) is 12.6. The number of carbonyl (C=O) groups excluding carboxylic acids is 1. The van der Waals surface area contributed by atoms with Gasteiger partial charge in [-0.05, 0) is 123 Å². The minimum atomic E-state index is -0.0195. The molecule has 4 aliphatic carbocycles. The highest BCUT2D eigenvalue weighted by atomic mass is 16.5. The van der Waals surface area contributed by atoms with E-state index in [-0.39, 0.29) is 12.1 Å². The van der Waals surface area contributed by atoms with Crippen molar-refractivity contribution in [3.8, 4) is 0 Å². The van der Waals surface area contributed by atoms with Crippen molar-refractivity contribution in [2.75, 3.05) is 0 Å².